The predicted molar refractivity (Wildman–Crippen MR) is 94.4 cm³/mol. The van der Waals surface area contributed by atoms with E-state index in [0.29, 0.717) is 17.1 Å². The fourth-order valence-corrected chi connectivity index (χ4v) is 2.44. The molecule has 0 fully saturated rings. The van der Waals surface area contributed by atoms with E-state index in [0.717, 1.165) is 11.1 Å². The van der Waals surface area contributed by atoms with Gasteiger partial charge in [0.05, 0.1) is 20.3 Å². The Bertz CT molecular complexity index is 727. The van der Waals surface area contributed by atoms with Crippen LogP contribution >= 0.6 is 0 Å². The Labute approximate surface area is 142 Å². The number of hydrogen-bond acceptors (Lipinski definition) is 4. The lowest BCUT2D eigenvalue weighted by Gasteiger charge is -2.16. The van der Waals surface area contributed by atoms with Crippen molar-refractivity contribution < 1.29 is 14.3 Å². The molecule has 1 aromatic heterocycles. The molecular weight excluding hydrogens is 304 g/mol. The molecule has 0 spiro atoms. The number of allylic oxidation sites excluding steroid dienone is 1. The minimum absolute atomic E-state index is 0.126. The molecule has 1 aromatic carbocycles. The molecule has 1 N–H and O–H groups in total. The van der Waals surface area contributed by atoms with E-state index in [1.54, 1.807) is 38.7 Å². The van der Waals surface area contributed by atoms with Crippen LogP contribution in [0.25, 0.3) is 6.08 Å². The van der Waals surface area contributed by atoms with Gasteiger partial charge < -0.3 is 14.8 Å². The number of benzene rings is 1. The second-order valence-corrected chi connectivity index (χ2v) is 5.28. The van der Waals surface area contributed by atoms with E-state index in [1.807, 2.05) is 38.1 Å². The number of hydrogen-bond donors (Lipinski definition) is 1. The standard InChI is InChI=1S/C19H22N2O3/c1-5-6-15-11-16(12-17(23-3)18(15)24-4)19(22)21-13(2)14-7-9-20-10-8-14/h5-13H,1-4H3,(H,21,22)/b6-5+/t13-/m0/s1. The van der Waals surface area contributed by atoms with Gasteiger partial charge in [0.15, 0.2) is 11.5 Å². The van der Waals surface area contributed by atoms with Crippen molar-refractivity contribution in [3.8, 4) is 11.5 Å². The van der Waals surface area contributed by atoms with Crippen LogP contribution in [0.2, 0.25) is 0 Å². The fraction of sp³-hybridized carbons (Fsp3) is 0.263. The van der Waals surface area contributed by atoms with E-state index in [1.165, 1.54) is 0 Å². The van der Waals surface area contributed by atoms with Crippen LogP contribution in [0, 0.1) is 0 Å². The lowest BCUT2D eigenvalue weighted by molar-refractivity contribution is 0.0939. The van der Waals surface area contributed by atoms with Crippen LogP contribution in [0.1, 0.15) is 41.4 Å². The van der Waals surface area contributed by atoms with E-state index < -0.39 is 0 Å². The van der Waals surface area contributed by atoms with Crippen molar-refractivity contribution in [2.45, 2.75) is 19.9 Å². The molecule has 0 radical (unpaired) electrons. The smallest absolute Gasteiger partial charge is 0.251 e. The number of aromatic nitrogens is 1. The van der Waals surface area contributed by atoms with Crippen molar-refractivity contribution in [2.24, 2.45) is 0 Å². The number of ether oxygens (including phenoxy) is 2. The zero-order valence-electron chi connectivity index (χ0n) is 14.4. The molecule has 1 heterocycles. The summed E-state index contributed by atoms with van der Waals surface area (Å²) in [7, 11) is 3.13. The zero-order valence-corrected chi connectivity index (χ0v) is 14.4. The van der Waals surface area contributed by atoms with Crippen LogP contribution in [0.4, 0.5) is 0 Å². The first-order chi connectivity index (χ1) is 11.6. The topological polar surface area (TPSA) is 60.5 Å². The molecule has 1 amide bonds. The Morgan fingerprint density at radius 1 is 1.21 bits per heavy atom. The molecule has 5 nitrogen and oxygen atoms in total. The zero-order chi connectivity index (χ0) is 17.5. The minimum Gasteiger partial charge on any atom is -0.493 e. The van der Waals surface area contributed by atoms with Gasteiger partial charge >= 0.3 is 0 Å². The largest absolute Gasteiger partial charge is 0.493 e. The molecule has 2 aromatic rings. The second-order valence-electron chi connectivity index (χ2n) is 5.28. The minimum atomic E-state index is -0.175. The van der Waals surface area contributed by atoms with Gasteiger partial charge in [-0.3, -0.25) is 9.78 Å². The van der Waals surface area contributed by atoms with Gasteiger partial charge in [0.2, 0.25) is 0 Å². The third kappa shape index (κ3) is 3.93. The molecule has 0 aliphatic heterocycles. The molecule has 0 bridgehead atoms. The van der Waals surface area contributed by atoms with Gasteiger partial charge in [-0.2, -0.15) is 0 Å². The Balaban J connectivity index is 2.30. The number of rotatable bonds is 6. The van der Waals surface area contributed by atoms with Crippen molar-refractivity contribution in [1.29, 1.82) is 0 Å². The van der Waals surface area contributed by atoms with E-state index in [-0.39, 0.29) is 11.9 Å². The van der Waals surface area contributed by atoms with Crippen LogP contribution in [-0.2, 0) is 0 Å². The molecular formula is C19H22N2O3. The highest BCUT2D eigenvalue weighted by atomic mass is 16.5. The molecule has 0 aliphatic carbocycles. The number of carbonyl (C=O) groups is 1. The average Bonchev–Trinajstić information content (AvgIpc) is 2.61. The lowest BCUT2D eigenvalue weighted by Crippen LogP contribution is -2.26. The van der Waals surface area contributed by atoms with Crippen LogP contribution < -0.4 is 14.8 Å². The normalized spacial score (nSPS) is 12.0. The van der Waals surface area contributed by atoms with Gasteiger partial charge in [-0.25, -0.2) is 0 Å². The molecule has 126 valence electrons. The van der Waals surface area contributed by atoms with Crippen molar-refractivity contribution in [3.63, 3.8) is 0 Å². The van der Waals surface area contributed by atoms with E-state index in [4.69, 9.17) is 9.47 Å². The maximum Gasteiger partial charge on any atom is 0.251 e. The maximum absolute atomic E-state index is 12.6. The van der Waals surface area contributed by atoms with E-state index >= 15 is 0 Å². The highest BCUT2D eigenvalue weighted by Crippen LogP contribution is 2.33. The van der Waals surface area contributed by atoms with Crippen molar-refractivity contribution in [2.75, 3.05) is 14.2 Å². The summed E-state index contributed by atoms with van der Waals surface area (Å²) in [5.41, 5.74) is 2.30. The summed E-state index contributed by atoms with van der Waals surface area (Å²) < 4.78 is 10.7. The van der Waals surface area contributed by atoms with Gasteiger partial charge in [0.1, 0.15) is 0 Å². The molecule has 24 heavy (non-hydrogen) atoms. The van der Waals surface area contributed by atoms with Crippen molar-refractivity contribution in [1.82, 2.24) is 10.3 Å². The van der Waals surface area contributed by atoms with Gasteiger partial charge in [-0.15, -0.1) is 0 Å². The van der Waals surface area contributed by atoms with Gasteiger partial charge in [0.25, 0.3) is 5.91 Å². The predicted octanol–water partition coefficient (Wildman–Crippen LogP) is 3.62. The summed E-state index contributed by atoms with van der Waals surface area (Å²) in [6.45, 7) is 3.84. The van der Waals surface area contributed by atoms with E-state index in [2.05, 4.69) is 10.3 Å². The number of pyridine rings is 1. The SMILES string of the molecule is C/C=C/c1cc(C(=O)N[C@@H](C)c2ccncc2)cc(OC)c1OC. The molecule has 1 atom stereocenters. The molecule has 2 rings (SSSR count). The van der Waals surface area contributed by atoms with Crippen LogP contribution in [0.3, 0.4) is 0 Å². The number of nitrogens with one attached hydrogen (secondary N) is 1. The Kier molecular flexibility index (Phi) is 5.95. The highest BCUT2D eigenvalue weighted by molar-refractivity contribution is 5.96. The Morgan fingerprint density at radius 2 is 1.92 bits per heavy atom. The Morgan fingerprint density at radius 3 is 2.50 bits per heavy atom. The van der Waals surface area contributed by atoms with Crippen molar-refractivity contribution >= 4 is 12.0 Å². The number of methoxy groups -OCH3 is 2. The summed E-state index contributed by atoms with van der Waals surface area (Å²) in [5.74, 6) is 0.954. The highest BCUT2D eigenvalue weighted by Gasteiger charge is 2.17. The fourth-order valence-electron chi connectivity index (χ4n) is 2.44. The Hall–Kier alpha value is -2.82. The number of nitrogens with zero attached hydrogens (tertiary/aromatic N) is 1. The summed E-state index contributed by atoms with van der Waals surface area (Å²) in [6, 6.07) is 7.10. The van der Waals surface area contributed by atoms with Gasteiger partial charge in [-0.1, -0.05) is 12.2 Å². The first-order valence-corrected chi connectivity index (χ1v) is 7.70. The van der Waals surface area contributed by atoms with Gasteiger partial charge in [0, 0.05) is 23.5 Å². The molecule has 0 saturated heterocycles. The summed E-state index contributed by atoms with van der Waals surface area (Å²) in [6.07, 6.45) is 7.18. The van der Waals surface area contributed by atoms with Crippen LogP contribution in [0.15, 0.2) is 42.7 Å². The monoisotopic (exact) mass is 326 g/mol. The molecule has 0 aliphatic rings. The quantitative estimate of drug-likeness (QED) is 0.881. The molecule has 0 saturated carbocycles. The molecule has 0 unspecified atom stereocenters. The third-order valence-electron chi connectivity index (χ3n) is 3.67. The van der Waals surface area contributed by atoms with Crippen molar-refractivity contribution in [3.05, 3.63) is 59.4 Å². The second kappa shape index (κ2) is 8.15. The third-order valence-corrected chi connectivity index (χ3v) is 3.67. The van der Waals surface area contributed by atoms with Crippen LogP contribution in [0.5, 0.6) is 11.5 Å². The molecule has 5 heteroatoms. The first kappa shape index (κ1) is 17.5. The maximum atomic E-state index is 12.6. The summed E-state index contributed by atoms with van der Waals surface area (Å²) >= 11 is 0. The van der Waals surface area contributed by atoms with Crippen LogP contribution in [-0.4, -0.2) is 25.1 Å². The number of carbonyl (C=O) groups excluding carboxylic acids is 1. The summed E-state index contributed by atoms with van der Waals surface area (Å²) in [5, 5.41) is 2.98. The lowest BCUT2D eigenvalue weighted by atomic mass is 10.1. The summed E-state index contributed by atoms with van der Waals surface area (Å²) in [4.78, 5) is 16.6. The average molecular weight is 326 g/mol. The number of amides is 1. The van der Waals surface area contributed by atoms with Gasteiger partial charge in [-0.05, 0) is 43.7 Å². The van der Waals surface area contributed by atoms with E-state index in [9.17, 15) is 4.79 Å². The first-order valence-electron chi connectivity index (χ1n) is 7.70.